The molecule has 17 heavy (non-hydrogen) atoms. The third-order valence-electron chi connectivity index (χ3n) is 2.19. The number of nitriles is 1. The number of benzene rings is 1. The molecule has 0 N–H and O–H groups in total. The van der Waals surface area contributed by atoms with Crippen molar-refractivity contribution in [3.8, 4) is 6.07 Å². The van der Waals surface area contributed by atoms with Crippen molar-refractivity contribution in [2.24, 2.45) is 0 Å². The number of thiophene rings is 1. The third kappa shape index (κ3) is 2.26. The highest BCUT2D eigenvalue weighted by molar-refractivity contribution is 7.21. The molecule has 86 valence electrons. The number of hydrogen-bond acceptors (Lipinski definition) is 4. The molecule has 0 radical (unpaired) electrons. The molecule has 1 atom stereocenters. The number of fused-ring (bicyclic) bond motifs is 1. The van der Waals surface area contributed by atoms with Gasteiger partial charge in [0.1, 0.15) is 10.9 Å². The summed E-state index contributed by atoms with van der Waals surface area (Å²) in [6.45, 7) is 1.51. The van der Waals surface area contributed by atoms with Crippen LogP contribution in [-0.2, 0) is 4.74 Å². The molecule has 1 aromatic carbocycles. The number of ether oxygens (including phenoxy) is 1. The lowest BCUT2D eigenvalue weighted by Gasteiger charge is -2.03. The van der Waals surface area contributed by atoms with Gasteiger partial charge in [0.15, 0.2) is 6.10 Å². The molecule has 0 saturated heterocycles. The molecule has 0 spiro atoms. The van der Waals surface area contributed by atoms with Gasteiger partial charge in [0.2, 0.25) is 0 Å². The van der Waals surface area contributed by atoms with Gasteiger partial charge in [-0.25, -0.2) is 4.79 Å². The number of nitrogens with zero attached hydrogens (tertiary/aromatic N) is 1. The number of carbonyl (C=O) groups is 1. The number of carbonyl (C=O) groups excluding carboxylic acids is 1. The van der Waals surface area contributed by atoms with Gasteiger partial charge in [0.05, 0.1) is 5.02 Å². The van der Waals surface area contributed by atoms with Crippen molar-refractivity contribution in [3.05, 3.63) is 34.2 Å². The minimum Gasteiger partial charge on any atom is -0.443 e. The van der Waals surface area contributed by atoms with E-state index in [-0.39, 0.29) is 0 Å². The smallest absolute Gasteiger partial charge is 0.351 e. The second-order valence-electron chi connectivity index (χ2n) is 3.42. The molecule has 0 amide bonds. The van der Waals surface area contributed by atoms with Gasteiger partial charge >= 0.3 is 5.97 Å². The Kier molecular flexibility index (Phi) is 3.32. The summed E-state index contributed by atoms with van der Waals surface area (Å²) in [6.07, 6.45) is -0.774. The molecule has 0 fully saturated rings. The van der Waals surface area contributed by atoms with Crippen LogP contribution in [0.15, 0.2) is 24.3 Å². The molecule has 5 heteroatoms. The van der Waals surface area contributed by atoms with E-state index in [1.807, 2.05) is 30.3 Å². The number of rotatable bonds is 2. The quantitative estimate of drug-likeness (QED) is 0.779. The van der Waals surface area contributed by atoms with Crippen LogP contribution in [0.4, 0.5) is 0 Å². The summed E-state index contributed by atoms with van der Waals surface area (Å²) in [6, 6.07) is 9.30. The van der Waals surface area contributed by atoms with Gasteiger partial charge < -0.3 is 4.74 Å². The van der Waals surface area contributed by atoms with E-state index in [2.05, 4.69) is 0 Å². The van der Waals surface area contributed by atoms with Crippen molar-refractivity contribution in [1.82, 2.24) is 0 Å². The van der Waals surface area contributed by atoms with Gasteiger partial charge in [-0.15, -0.1) is 11.3 Å². The maximum atomic E-state index is 11.8. The Labute approximate surface area is 107 Å². The molecular weight excluding hydrogens is 258 g/mol. The van der Waals surface area contributed by atoms with Crippen LogP contribution in [0.1, 0.15) is 16.6 Å². The van der Waals surface area contributed by atoms with Crippen LogP contribution in [0.2, 0.25) is 5.02 Å². The predicted molar refractivity (Wildman–Crippen MR) is 67.3 cm³/mol. The van der Waals surface area contributed by atoms with Crippen LogP contribution >= 0.6 is 22.9 Å². The number of hydrogen-bond donors (Lipinski definition) is 0. The first-order valence-corrected chi connectivity index (χ1v) is 6.10. The SMILES string of the molecule is C[C@@H](C#N)OC(=O)c1sc2ccccc2c1Cl. The molecular formula is C12H8ClNO2S. The second kappa shape index (κ2) is 4.74. The Morgan fingerprint density at radius 3 is 2.88 bits per heavy atom. The van der Waals surface area contributed by atoms with E-state index in [0.717, 1.165) is 10.1 Å². The van der Waals surface area contributed by atoms with Gasteiger partial charge in [-0.05, 0) is 13.0 Å². The second-order valence-corrected chi connectivity index (χ2v) is 4.85. The normalized spacial score (nSPS) is 12.1. The molecule has 1 aromatic heterocycles. The molecule has 0 aliphatic heterocycles. The van der Waals surface area contributed by atoms with E-state index < -0.39 is 12.1 Å². The van der Waals surface area contributed by atoms with Crippen molar-refractivity contribution in [2.45, 2.75) is 13.0 Å². The maximum absolute atomic E-state index is 11.8. The first-order valence-electron chi connectivity index (χ1n) is 4.91. The first kappa shape index (κ1) is 11.9. The summed E-state index contributed by atoms with van der Waals surface area (Å²) in [5.41, 5.74) is 0. The molecule has 1 heterocycles. The molecule has 0 aliphatic carbocycles. The van der Waals surface area contributed by atoms with E-state index >= 15 is 0 Å². The Balaban J connectivity index is 2.40. The van der Waals surface area contributed by atoms with Crippen LogP contribution in [-0.4, -0.2) is 12.1 Å². The molecule has 0 unspecified atom stereocenters. The van der Waals surface area contributed by atoms with E-state index in [4.69, 9.17) is 21.6 Å². The van der Waals surface area contributed by atoms with Gasteiger partial charge in [-0.2, -0.15) is 5.26 Å². The standard InChI is InChI=1S/C12H8ClNO2S/c1-7(6-14)16-12(15)11-10(13)8-4-2-3-5-9(8)17-11/h2-5,7H,1H3/t7-/m0/s1. The van der Waals surface area contributed by atoms with E-state index in [9.17, 15) is 4.79 Å². The Morgan fingerprint density at radius 2 is 2.24 bits per heavy atom. The summed E-state index contributed by atoms with van der Waals surface area (Å²) in [7, 11) is 0. The monoisotopic (exact) mass is 265 g/mol. The number of esters is 1. The van der Waals surface area contributed by atoms with Crippen LogP contribution in [0.25, 0.3) is 10.1 Å². The maximum Gasteiger partial charge on any atom is 0.351 e. The van der Waals surface area contributed by atoms with Gasteiger partial charge in [-0.3, -0.25) is 0 Å². The van der Waals surface area contributed by atoms with Gasteiger partial charge in [-0.1, -0.05) is 29.8 Å². The van der Waals surface area contributed by atoms with Gasteiger partial charge in [0, 0.05) is 10.1 Å². The van der Waals surface area contributed by atoms with Crippen molar-refractivity contribution < 1.29 is 9.53 Å². The third-order valence-corrected chi connectivity index (χ3v) is 3.84. The molecule has 0 bridgehead atoms. The highest BCUT2D eigenvalue weighted by Crippen LogP contribution is 2.35. The summed E-state index contributed by atoms with van der Waals surface area (Å²) in [4.78, 5) is 12.1. The highest BCUT2D eigenvalue weighted by atomic mass is 35.5. The average molecular weight is 266 g/mol. The Hall–Kier alpha value is -1.57. The summed E-state index contributed by atoms with van der Waals surface area (Å²) < 4.78 is 5.85. The Bertz CT molecular complexity index is 614. The van der Waals surface area contributed by atoms with Crippen molar-refractivity contribution in [2.75, 3.05) is 0 Å². The predicted octanol–water partition coefficient (Wildman–Crippen LogP) is 3.62. The fraction of sp³-hybridized carbons (Fsp3) is 0.167. The van der Waals surface area contributed by atoms with E-state index in [1.165, 1.54) is 18.3 Å². The summed E-state index contributed by atoms with van der Waals surface area (Å²) in [5, 5.41) is 9.80. The van der Waals surface area contributed by atoms with E-state index in [0.29, 0.717) is 9.90 Å². The average Bonchev–Trinajstić information content (AvgIpc) is 2.67. The van der Waals surface area contributed by atoms with Crippen LogP contribution in [0, 0.1) is 11.3 Å². The lowest BCUT2D eigenvalue weighted by molar-refractivity contribution is 0.0441. The zero-order valence-corrected chi connectivity index (χ0v) is 10.5. The minimum atomic E-state index is -0.774. The summed E-state index contributed by atoms with van der Waals surface area (Å²) in [5.74, 6) is -0.551. The largest absolute Gasteiger partial charge is 0.443 e. The molecule has 2 aromatic rings. The molecule has 0 aliphatic rings. The lowest BCUT2D eigenvalue weighted by Crippen LogP contribution is -2.12. The van der Waals surface area contributed by atoms with E-state index in [1.54, 1.807) is 0 Å². The Morgan fingerprint density at radius 1 is 1.53 bits per heavy atom. The minimum absolute atomic E-state index is 0.343. The highest BCUT2D eigenvalue weighted by Gasteiger charge is 2.19. The zero-order chi connectivity index (χ0) is 12.4. The van der Waals surface area contributed by atoms with Crippen molar-refractivity contribution in [3.63, 3.8) is 0 Å². The zero-order valence-electron chi connectivity index (χ0n) is 8.94. The van der Waals surface area contributed by atoms with Crippen LogP contribution in [0.3, 0.4) is 0 Å². The van der Waals surface area contributed by atoms with Crippen LogP contribution < -0.4 is 0 Å². The molecule has 3 nitrogen and oxygen atoms in total. The topological polar surface area (TPSA) is 50.1 Å². The van der Waals surface area contributed by atoms with Gasteiger partial charge in [0.25, 0.3) is 0 Å². The lowest BCUT2D eigenvalue weighted by atomic mass is 10.2. The number of halogens is 1. The molecule has 2 rings (SSSR count). The first-order chi connectivity index (χ1) is 8.13. The summed E-state index contributed by atoms with van der Waals surface area (Å²) >= 11 is 7.37. The fourth-order valence-electron chi connectivity index (χ4n) is 1.39. The fourth-order valence-corrected chi connectivity index (χ4v) is 2.78. The van der Waals surface area contributed by atoms with Crippen molar-refractivity contribution in [1.29, 1.82) is 5.26 Å². The van der Waals surface area contributed by atoms with Crippen molar-refractivity contribution >= 4 is 39.0 Å². The van der Waals surface area contributed by atoms with Crippen LogP contribution in [0.5, 0.6) is 0 Å². The molecule has 0 saturated carbocycles.